The molecular formula is C10H21O6Sn. The summed E-state index contributed by atoms with van der Waals surface area (Å²) in [4.78, 5) is 27.0. The number of carbonyl (C=O) groups is 3. The summed E-state index contributed by atoms with van der Waals surface area (Å²) in [6.45, 7) is 9.93. The molecule has 0 aliphatic carbocycles. The van der Waals surface area contributed by atoms with E-state index in [-0.39, 0.29) is 0 Å². The molecule has 0 spiro atoms. The first kappa shape index (κ1) is 25.2. The van der Waals surface area contributed by atoms with Crippen molar-refractivity contribution in [2.75, 3.05) is 0 Å². The molecule has 0 aliphatic rings. The van der Waals surface area contributed by atoms with Crippen LogP contribution in [0.4, 0.5) is 0 Å². The quantitative estimate of drug-likeness (QED) is 0.569. The molecule has 0 aromatic heterocycles. The maximum atomic E-state index is 9.00. The van der Waals surface area contributed by atoms with Gasteiger partial charge in [0.2, 0.25) is 0 Å². The van der Waals surface area contributed by atoms with Crippen LogP contribution in [0, 0.1) is 0 Å². The van der Waals surface area contributed by atoms with E-state index in [9.17, 15) is 0 Å². The van der Waals surface area contributed by atoms with Crippen LogP contribution in [0.3, 0.4) is 0 Å². The maximum absolute atomic E-state index is 9.00. The van der Waals surface area contributed by atoms with E-state index in [2.05, 4.69) is 20.8 Å². The molecule has 0 aliphatic heterocycles. The SMILES string of the molecule is CC(=O)O.CC(=O)O.CC(=O)O.C[C](C)(C)[Sn]. The van der Waals surface area contributed by atoms with E-state index in [0.29, 0.717) is 3.43 Å². The van der Waals surface area contributed by atoms with Crippen molar-refractivity contribution >= 4 is 40.4 Å². The van der Waals surface area contributed by atoms with Gasteiger partial charge in [-0.3, -0.25) is 14.4 Å². The predicted molar refractivity (Wildman–Crippen MR) is 65.4 cm³/mol. The molecule has 17 heavy (non-hydrogen) atoms. The topological polar surface area (TPSA) is 112 Å². The van der Waals surface area contributed by atoms with Gasteiger partial charge in [0.15, 0.2) is 0 Å². The van der Waals surface area contributed by atoms with Gasteiger partial charge in [-0.05, 0) is 0 Å². The Labute approximate surface area is 115 Å². The first-order valence-corrected chi connectivity index (χ1v) is 5.96. The van der Waals surface area contributed by atoms with Gasteiger partial charge in [-0.1, -0.05) is 0 Å². The predicted octanol–water partition coefficient (Wildman–Crippen LogP) is 1.65. The molecule has 3 radical (unpaired) electrons. The van der Waals surface area contributed by atoms with Crippen molar-refractivity contribution in [3.8, 4) is 0 Å². The Kier molecular flexibility index (Phi) is 22.5. The Bertz CT molecular complexity index is 173. The van der Waals surface area contributed by atoms with Gasteiger partial charge in [-0.2, -0.15) is 0 Å². The molecule has 0 fully saturated rings. The fourth-order valence-corrected chi connectivity index (χ4v) is 0. The summed E-state index contributed by atoms with van der Waals surface area (Å²) >= 11 is 1.62. The summed E-state index contributed by atoms with van der Waals surface area (Å²) < 4.78 is 0.590. The average molecular weight is 356 g/mol. The van der Waals surface area contributed by atoms with Crippen molar-refractivity contribution in [3.63, 3.8) is 0 Å². The van der Waals surface area contributed by atoms with Crippen molar-refractivity contribution in [2.45, 2.75) is 45.0 Å². The molecule has 3 N–H and O–H groups in total. The van der Waals surface area contributed by atoms with Gasteiger partial charge in [-0.25, -0.2) is 0 Å². The molecule has 101 valence electrons. The molecule has 0 aromatic carbocycles. The molecule has 0 unspecified atom stereocenters. The fraction of sp³-hybridized carbons (Fsp3) is 0.700. The standard InChI is InChI=1S/C4H9.3C2H4O2.Sn/c1-4(2)3;3*1-2(3)4;/h1-3H3;3*1H3,(H,3,4);. The molecule has 0 saturated carbocycles. The van der Waals surface area contributed by atoms with E-state index in [0.717, 1.165) is 20.8 Å². The van der Waals surface area contributed by atoms with Crippen molar-refractivity contribution in [1.82, 2.24) is 0 Å². The molecule has 0 heterocycles. The van der Waals surface area contributed by atoms with Crippen molar-refractivity contribution in [2.24, 2.45) is 0 Å². The van der Waals surface area contributed by atoms with Gasteiger partial charge < -0.3 is 15.3 Å². The average Bonchev–Trinajstić information content (AvgIpc) is 1.73. The summed E-state index contributed by atoms with van der Waals surface area (Å²) in [5.74, 6) is -2.50. The van der Waals surface area contributed by atoms with Gasteiger partial charge in [-0.15, -0.1) is 0 Å². The third kappa shape index (κ3) is 4240. The molecule has 0 saturated heterocycles. The van der Waals surface area contributed by atoms with Crippen molar-refractivity contribution in [3.05, 3.63) is 0 Å². The van der Waals surface area contributed by atoms with Crippen LogP contribution in [0.15, 0.2) is 0 Å². The summed E-state index contributed by atoms with van der Waals surface area (Å²) in [6.07, 6.45) is 0. The number of hydrogen-bond donors (Lipinski definition) is 3. The minimum atomic E-state index is -0.833. The Hall–Kier alpha value is -0.791. The molecule has 6 nitrogen and oxygen atoms in total. The van der Waals surface area contributed by atoms with Gasteiger partial charge in [0.1, 0.15) is 0 Å². The second-order valence-corrected chi connectivity index (χ2v) is 8.09. The van der Waals surface area contributed by atoms with Crippen molar-refractivity contribution < 1.29 is 29.7 Å². The van der Waals surface area contributed by atoms with E-state index in [4.69, 9.17) is 29.7 Å². The number of rotatable bonds is 0. The van der Waals surface area contributed by atoms with E-state index in [1.54, 1.807) is 22.5 Å². The second-order valence-electron chi connectivity index (χ2n) is 3.81. The zero-order valence-corrected chi connectivity index (χ0v) is 13.9. The van der Waals surface area contributed by atoms with Gasteiger partial charge in [0, 0.05) is 20.8 Å². The van der Waals surface area contributed by atoms with Crippen LogP contribution in [0.5, 0.6) is 0 Å². The first-order valence-electron chi connectivity index (χ1n) is 4.53. The monoisotopic (exact) mass is 357 g/mol. The number of carboxylic acid groups (broad SMARTS) is 3. The Morgan fingerprint density at radius 2 is 0.765 bits per heavy atom. The molecule has 0 bridgehead atoms. The van der Waals surface area contributed by atoms with Crippen LogP contribution in [-0.2, 0) is 14.4 Å². The zero-order valence-electron chi connectivity index (χ0n) is 11.1. The van der Waals surface area contributed by atoms with Gasteiger partial charge in [0.05, 0.1) is 0 Å². The number of aliphatic carboxylic acids is 3. The van der Waals surface area contributed by atoms with Crippen LogP contribution in [-0.4, -0.2) is 55.8 Å². The van der Waals surface area contributed by atoms with Gasteiger partial charge >= 0.3 is 46.7 Å². The minimum absolute atomic E-state index is 0.590. The third-order valence-corrected chi connectivity index (χ3v) is 0. The van der Waals surface area contributed by atoms with Crippen LogP contribution in [0.1, 0.15) is 41.5 Å². The molecule has 0 atom stereocenters. The zero-order chi connectivity index (χ0) is 15.2. The fourth-order valence-electron chi connectivity index (χ4n) is 0. The first-order chi connectivity index (χ1) is 7.20. The van der Waals surface area contributed by atoms with E-state index in [1.165, 1.54) is 0 Å². The number of carboxylic acids is 3. The van der Waals surface area contributed by atoms with Crippen LogP contribution in [0.25, 0.3) is 0 Å². The molecule has 0 rings (SSSR count). The Morgan fingerprint density at radius 3 is 0.765 bits per heavy atom. The van der Waals surface area contributed by atoms with E-state index >= 15 is 0 Å². The van der Waals surface area contributed by atoms with Crippen LogP contribution in [0.2, 0.25) is 3.43 Å². The van der Waals surface area contributed by atoms with Crippen LogP contribution >= 0.6 is 0 Å². The normalized spacial score (nSPS) is 7.94. The summed E-state index contributed by atoms with van der Waals surface area (Å²) in [5, 5.41) is 22.2. The third-order valence-electron chi connectivity index (χ3n) is 0. The molecule has 0 amide bonds. The van der Waals surface area contributed by atoms with E-state index < -0.39 is 17.9 Å². The Morgan fingerprint density at radius 1 is 0.765 bits per heavy atom. The summed E-state index contributed by atoms with van der Waals surface area (Å²) in [6, 6.07) is 0. The second kappa shape index (κ2) is 15.2. The van der Waals surface area contributed by atoms with Crippen LogP contribution < -0.4 is 0 Å². The molecule has 0 aromatic rings. The van der Waals surface area contributed by atoms with Gasteiger partial charge in [0.25, 0.3) is 17.9 Å². The number of hydrogen-bond acceptors (Lipinski definition) is 3. The van der Waals surface area contributed by atoms with Crippen molar-refractivity contribution in [1.29, 1.82) is 0 Å². The summed E-state index contributed by atoms with van der Waals surface area (Å²) in [5.41, 5.74) is 0. The molecule has 7 heteroatoms. The summed E-state index contributed by atoms with van der Waals surface area (Å²) in [7, 11) is 0. The Balaban J connectivity index is -0.0000000667. The van der Waals surface area contributed by atoms with E-state index in [1.807, 2.05) is 0 Å². The molecular weight excluding hydrogens is 335 g/mol.